The molecule has 6 nitrogen and oxygen atoms in total. The molecule has 4 rings (SSSR count). The van der Waals surface area contributed by atoms with Gasteiger partial charge in [-0.15, -0.1) is 11.3 Å². The average molecular weight is 385 g/mol. The van der Waals surface area contributed by atoms with Crippen molar-refractivity contribution < 1.29 is 14.3 Å². The number of likely N-dealkylation sites (tertiary alicyclic amines) is 1. The van der Waals surface area contributed by atoms with Crippen LogP contribution in [0.5, 0.6) is 0 Å². The molecule has 142 valence electrons. The minimum absolute atomic E-state index is 0.0142. The first-order valence-corrected chi connectivity index (χ1v) is 10.3. The van der Waals surface area contributed by atoms with Gasteiger partial charge in [-0.05, 0) is 48.4 Å². The van der Waals surface area contributed by atoms with Gasteiger partial charge < -0.3 is 15.0 Å². The van der Waals surface area contributed by atoms with E-state index in [1.165, 1.54) is 10.4 Å². The van der Waals surface area contributed by atoms with Gasteiger partial charge in [-0.2, -0.15) is 0 Å². The van der Waals surface area contributed by atoms with Crippen molar-refractivity contribution in [3.63, 3.8) is 0 Å². The van der Waals surface area contributed by atoms with Crippen molar-refractivity contribution in [1.82, 2.24) is 9.88 Å². The van der Waals surface area contributed by atoms with Gasteiger partial charge in [-0.3, -0.25) is 9.59 Å². The van der Waals surface area contributed by atoms with Gasteiger partial charge in [0.1, 0.15) is 11.9 Å². The van der Waals surface area contributed by atoms with Crippen LogP contribution in [0.2, 0.25) is 0 Å². The lowest BCUT2D eigenvalue weighted by molar-refractivity contribution is -0.137. The van der Waals surface area contributed by atoms with Gasteiger partial charge in [0, 0.05) is 30.1 Å². The molecule has 2 aliphatic rings. The molecule has 0 bridgehead atoms. The third-order valence-electron chi connectivity index (χ3n) is 5.26. The van der Waals surface area contributed by atoms with Crippen LogP contribution in [-0.4, -0.2) is 41.4 Å². The van der Waals surface area contributed by atoms with Crippen molar-refractivity contribution in [1.29, 1.82) is 0 Å². The van der Waals surface area contributed by atoms with E-state index < -0.39 is 0 Å². The number of pyridine rings is 1. The van der Waals surface area contributed by atoms with Gasteiger partial charge in [0.05, 0.1) is 13.0 Å². The molecule has 2 aromatic rings. The van der Waals surface area contributed by atoms with E-state index in [0.717, 1.165) is 6.42 Å². The van der Waals surface area contributed by atoms with E-state index in [9.17, 15) is 9.59 Å². The quantitative estimate of drug-likeness (QED) is 0.878. The van der Waals surface area contributed by atoms with Crippen LogP contribution in [0.1, 0.15) is 35.8 Å². The lowest BCUT2D eigenvalue weighted by Crippen LogP contribution is -2.42. The Kier molecular flexibility index (Phi) is 5.50. The molecule has 1 unspecified atom stereocenters. The molecule has 1 saturated heterocycles. The van der Waals surface area contributed by atoms with Gasteiger partial charge >= 0.3 is 0 Å². The molecule has 0 spiro atoms. The van der Waals surface area contributed by atoms with E-state index in [0.29, 0.717) is 44.8 Å². The summed E-state index contributed by atoms with van der Waals surface area (Å²) in [6, 6.07) is 7.57. The van der Waals surface area contributed by atoms with Crippen molar-refractivity contribution >= 4 is 29.0 Å². The first kappa shape index (κ1) is 18.1. The van der Waals surface area contributed by atoms with E-state index >= 15 is 0 Å². The SMILES string of the molecule is O=C(Nc1ccccn1)C1CCN(C(=O)CC2OCCc3ccsc32)CC1. The standard InChI is InChI=1S/C20H23N3O3S/c24-18(13-16-19-14(6-11-26-16)7-12-27-19)23-9-4-15(5-10-23)20(25)22-17-3-1-2-8-21-17/h1-3,7-8,12,15-16H,4-6,9-11,13H2,(H,21,22,25). The molecule has 1 fully saturated rings. The molecule has 2 aliphatic heterocycles. The number of thiophene rings is 1. The van der Waals surface area contributed by atoms with Crippen molar-refractivity contribution in [3.05, 3.63) is 46.3 Å². The largest absolute Gasteiger partial charge is 0.372 e. The summed E-state index contributed by atoms with van der Waals surface area (Å²) in [4.78, 5) is 32.3. The molecule has 1 atom stereocenters. The topological polar surface area (TPSA) is 71.5 Å². The molecule has 0 radical (unpaired) electrons. The number of rotatable bonds is 4. The first-order valence-electron chi connectivity index (χ1n) is 9.38. The molecule has 4 heterocycles. The van der Waals surface area contributed by atoms with Crippen LogP contribution in [0.25, 0.3) is 0 Å². The van der Waals surface area contributed by atoms with Crippen LogP contribution in [0.3, 0.4) is 0 Å². The summed E-state index contributed by atoms with van der Waals surface area (Å²) in [5.74, 6) is 0.595. The highest BCUT2D eigenvalue weighted by Gasteiger charge is 2.30. The van der Waals surface area contributed by atoms with Gasteiger partial charge in [0.2, 0.25) is 11.8 Å². The number of carbonyl (C=O) groups excluding carboxylic acids is 2. The number of hydrogen-bond donors (Lipinski definition) is 1. The fourth-order valence-electron chi connectivity index (χ4n) is 3.72. The molecule has 0 saturated carbocycles. The summed E-state index contributed by atoms with van der Waals surface area (Å²) in [6.07, 6.45) is 4.22. The molecular formula is C20H23N3O3S. The lowest BCUT2D eigenvalue weighted by Gasteiger charge is -2.32. The lowest BCUT2D eigenvalue weighted by atomic mass is 9.95. The van der Waals surface area contributed by atoms with Crippen molar-refractivity contribution in [2.75, 3.05) is 25.0 Å². The van der Waals surface area contributed by atoms with Crippen LogP contribution >= 0.6 is 11.3 Å². The van der Waals surface area contributed by atoms with E-state index in [1.54, 1.807) is 23.6 Å². The normalized spacial score (nSPS) is 20.1. The Balaban J connectivity index is 1.28. The number of aromatic nitrogens is 1. The molecule has 1 N–H and O–H groups in total. The van der Waals surface area contributed by atoms with Crippen LogP contribution in [-0.2, 0) is 20.7 Å². The highest BCUT2D eigenvalue weighted by Crippen LogP contribution is 2.34. The number of fused-ring (bicyclic) bond motifs is 1. The number of ether oxygens (including phenoxy) is 1. The number of anilines is 1. The summed E-state index contributed by atoms with van der Waals surface area (Å²) in [5.41, 5.74) is 1.31. The molecule has 27 heavy (non-hydrogen) atoms. The Labute approximate surface area is 162 Å². The number of piperidine rings is 1. The highest BCUT2D eigenvalue weighted by atomic mass is 32.1. The predicted octanol–water partition coefficient (Wildman–Crippen LogP) is 3.02. The van der Waals surface area contributed by atoms with Crippen LogP contribution in [0.15, 0.2) is 35.8 Å². The van der Waals surface area contributed by atoms with Crippen LogP contribution < -0.4 is 5.32 Å². The fourth-order valence-corrected chi connectivity index (χ4v) is 4.72. The van der Waals surface area contributed by atoms with Crippen molar-refractivity contribution in [2.24, 2.45) is 5.92 Å². The number of nitrogens with one attached hydrogen (secondary N) is 1. The zero-order valence-electron chi connectivity index (χ0n) is 15.1. The second-order valence-electron chi connectivity index (χ2n) is 6.98. The Morgan fingerprint density at radius 2 is 2.11 bits per heavy atom. The third-order valence-corrected chi connectivity index (χ3v) is 6.31. The maximum Gasteiger partial charge on any atom is 0.228 e. The number of nitrogens with zero attached hydrogens (tertiary/aromatic N) is 2. The number of hydrogen-bond acceptors (Lipinski definition) is 5. The number of amides is 2. The summed E-state index contributed by atoms with van der Waals surface area (Å²) >= 11 is 1.67. The van der Waals surface area contributed by atoms with E-state index in [-0.39, 0.29) is 23.8 Å². The Morgan fingerprint density at radius 1 is 1.26 bits per heavy atom. The molecule has 2 amide bonds. The molecular weight excluding hydrogens is 362 g/mol. The monoisotopic (exact) mass is 385 g/mol. The van der Waals surface area contributed by atoms with Crippen molar-refractivity contribution in [3.8, 4) is 0 Å². The molecule has 7 heteroatoms. The molecule has 2 aromatic heterocycles. The van der Waals surface area contributed by atoms with Gasteiger partial charge in [-0.25, -0.2) is 4.98 Å². The van der Waals surface area contributed by atoms with Crippen LogP contribution in [0.4, 0.5) is 5.82 Å². The van der Waals surface area contributed by atoms with E-state index in [1.807, 2.05) is 17.0 Å². The first-order chi connectivity index (χ1) is 13.2. The summed E-state index contributed by atoms with van der Waals surface area (Å²) in [7, 11) is 0. The average Bonchev–Trinajstić information content (AvgIpc) is 3.19. The molecule has 0 aliphatic carbocycles. The Bertz CT molecular complexity index is 800. The van der Waals surface area contributed by atoms with E-state index in [2.05, 4.69) is 21.7 Å². The molecule has 0 aromatic carbocycles. The smallest absolute Gasteiger partial charge is 0.228 e. The second-order valence-corrected chi connectivity index (χ2v) is 7.93. The second kappa shape index (κ2) is 8.19. The highest BCUT2D eigenvalue weighted by molar-refractivity contribution is 7.10. The van der Waals surface area contributed by atoms with Crippen LogP contribution in [0, 0.1) is 5.92 Å². The maximum absolute atomic E-state index is 12.7. The zero-order chi connectivity index (χ0) is 18.6. The minimum atomic E-state index is -0.119. The minimum Gasteiger partial charge on any atom is -0.372 e. The Morgan fingerprint density at radius 3 is 2.89 bits per heavy atom. The summed E-state index contributed by atoms with van der Waals surface area (Å²) in [6.45, 7) is 1.91. The van der Waals surface area contributed by atoms with E-state index in [4.69, 9.17) is 4.74 Å². The summed E-state index contributed by atoms with van der Waals surface area (Å²) in [5, 5.41) is 4.93. The van der Waals surface area contributed by atoms with Gasteiger partial charge in [0.15, 0.2) is 0 Å². The Hall–Kier alpha value is -2.25. The zero-order valence-corrected chi connectivity index (χ0v) is 15.9. The number of carbonyl (C=O) groups is 2. The summed E-state index contributed by atoms with van der Waals surface area (Å²) < 4.78 is 5.84. The maximum atomic E-state index is 12.7. The predicted molar refractivity (Wildman–Crippen MR) is 104 cm³/mol. The van der Waals surface area contributed by atoms with Gasteiger partial charge in [0.25, 0.3) is 0 Å². The fraction of sp³-hybridized carbons (Fsp3) is 0.450. The van der Waals surface area contributed by atoms with Crippen molar-refractivity contribution in [2.45, 2.75) is 31.8 Å². The van der Waals surface area contributed by atoms with Gasteiger partial charge in [-0.1, -0.05) is 6.07 Å². The third kappa shape index (κ3) is 4.20.